The molecule has 0 spiro atoms. The average Bonchev–Trinajstić information content (AvgIpc) is 2.28. The van der Waals surface area contributed by atoms with Crippen molar-refractivity contribution in [3.8, 4) is 0 Å². The first-order chi connectivity index (χ1) is 7.93. The summed E-state index contributed by atoms with van der Waals surface area (Å²) in [4.78, 5) is 2.83. The topological polar surface area (TPSA) is 15.3 Å². The zero-order valence-corrected chi connectivity index (χ0v) is 10.5. The van der Waals surface area contributed by atoms with Crippen LogP contribution in [0.2, 0.25) is 0 Å². The first kappa shape index (κ1) is 11.0. The van der Waals surface area contributed by atoms with Crippen molar-refractivity contribution in [1.82, 2.24) is 10.2 Å². The maximum absolute atomic E-state index is 3.48. The molecule has 0 aromatic heterocycles. The van der Waals surface area contributed by atoms with Crippen LogP contribution in [0.3, 0.4) is 0 Å². The first-order valence-corrected chi connectivity index (χ1v) is 7.38. The van der Waals surface area contributed by atoms with Crippen LogP contribution >= 0.6 is 0 Å². The molecule has 16 heavy (non-hydrogen) atoms. The van der Waals surface area contributed by atoms with E-state index in [1.54, 1.807) is 0 Å². The van der Waals surface area contributed by atoms with E-state index in [1.807, 2.05) is 0 Å². The van der Waals surface area contributed by atoms with Crippen LogP contribution < -0.4 is 5.32 Å². The molecule has 3 rings (SSSR count). The Morgan fingerprint density at radius 3 is 2.25 bits per heavy atom. The maximum atomic E-state index is 3.48. The third-order valence-corrected chi connectivity index (χ3v) is 5.13. The second kappa shape index (κ2) is 5.05. The van der Waals surface area contributed by atoms with Crippen LogP contribution in [0, 0.1) is 11.8 Å². The molecular weight excluding hydrogens is 196 g/mol. The number of hydrogen-bond acceptors (Lipinski definition) is 2. The Bertz CT molecular complexity index is 219. The molecule has 2 aliphatic heterocycles. The lowest BCUT2D eigenvalue weighted by atomic mass is 9.72. The molecule has 0 bridgehead atoms. The van der Waals surface area contributed by atoms with Crippen LogP contribution in [0.5, 0.6) is 0 Å². The molecule has 1 saturated carbocycles. The molecule has 2 nitrogen and oxygen atoms in total. The number of likely N-dealkylation sites (tertiary alicyclic amines) is 1. The third-order valence-electron chi connectivity index (χ3n) is 5.13. The number of rotatable bonds is 2. The zero-order chi connectivity index (χ0) is 10.8. The fourth-order valence-corrected chi connectivity index (χ4v) is 3.84. The van der Waals surface area contributed by atoms with Gasteiger partial charge in [-0.25, -0.2) is 0 Å². The van der Waals surface area contributed by atoms with Gasteiger partial charge in [-0.3, -0.25) is 0 Å². The molecule has 0 radical (unpaired) electrons. The highest BCUT2D eigenvalue weighted by Gasteiger charge is 2.33. The number of hydrogen-bond donors (Lipinski definition) is 1. The molecule has 3 fully saturated rings. The summed E-state index contributed by atoms with van der Waals surface area (Å²) < 4.78 is 0. The summed E-state index contributed by atoms with van der Waals surface area (Å²) in [5.41, 5.74) is 0. The van der Waals surface area contributed by atoms with E-state index in [1.165, 1.54) is 71.1 Å². The summed E-state index contributed by atoms with van der Waals surface area (Å²) in [6, 6.07) is 0.907. The van der Waals surface area contributed by atoms with Crippen molar-refractivity contribution in [3.63, 3.8) is 0 Å². The van der Waals surface area contributed by atoms with Gasteiger partial charge in [-0.1, -0.05) is 19.3 Å². The van der Waals surface area contributed by atoms with E-state index in [0.29, 0.717) is 0 Å². The number of nitrogens with one attached hydrogen (secondary N) is 1. The predicted octanol–water partition coefficient (Wildman–Crippen LogP) is 2.25. The summed E-state index contributed by atoms with van der Waals surface area (Å²) in [6.07, 6.45) is 10.3. The molecule has 2 heteroatoms. The second-order valence-electron chi connectivity index (χ2n) is 6.07. The molecule has 0 amide bonds. The molecular formula is C14H26N2. The summed E-state index contributed by atoms with van der Waals surface area (Å²) in [6.45, 7) is 5.30. The van der Waals surface area contributed by atoms with Crippen molar-refractivity contribution in [3.05, 3.63) is 0 Å². The van der Waals surface area contributed by atoms with Gasteiger partial charge >= 0.3 is 0 Å². The molecule has 1 N–H and O–H groups in total. The molecule has 1 aliphatic carbocycles. The Morgan fingerprint density at radius 2 is 1.56 bits per heavy atom. The maximum Gasteiger partial charge on any atom is 0.0119 e. The van der Waals surface area contributed by atoms with Crippen LogP contribution in [-0.4, -0.2) is 37.1 Å². The van der Waals surface area contributed by atoms with E-state index < -0.39 is 0 Å². The van der Waals surface area contributed by atoms with E-state index in [2.05, 4.69) is 10.2 Å². The molecule has 1 unspecified atom stereocenters. The van der Waals surface area contributed by atoms with Crippen molar-refractivity contribution in [1.29, 1.82) is 0 Å². The van der Waals surface area contributed by atoms with Crippen LogP contribution in [0.4, 0.5) is 0 Å². The smallest absolute Gasteiger partial charge is 0.0119 e. The predicted molar refractivity (Wildman–Crippen MR) is 67.5 cm³/mol. The van der Waals surface area contributed by atoms with Gasteiger partial charge in [-0.05, 0) is 57.2 Å². The number of nitrogens with zero attached hydrogens (tertiary/aromatic N) is 1. The average molecular weight is 222 g/mol. The van der Waals surface area contributed by atoms with E-state index in [4.69, 9.17) is 0 Å². The van der Waals surface area contributed by atoms with Gasteiger partial charge in [0.15, 0.2) is 0 Å². The van der Waals surface area contributed by atoms with E-state index in [-0.39, 0.29) is 0 Å². The third kappa shape index (κ3) is 2.28. The SMILES string of the molecule is C1CC(C2CCCN(C3CCNCC3)C2)C1. The van der Waals surface area contributed by atoms with Gasteiger partial charge in [0.25, 0.3) is 0 Å². The van der Waals surface area contributed by atoms with E-state index in [9.17, 15) is 0 Å². The Balaban J connectivity index is 1.54. The Morgan fingerprint density at radius 1 is 0.812 bits per heavy atom. The van der Waals surface area contributed by atoms with Gasteiger partial charge in [0, 0.05) is 12.6 Å². The Labute approximate surface area is 99.8 Å². The van der Waals surface area contributed by atoms with Gasteiger partial charge < -0.3 is 10.2 Å². The lowest BCUT2D eigenvalue weighted by Gasteiger charge is -2.44. The van der Waals surface area contributed by atoms with Gasteiger partial charge in [0.2, 0.25) is 0 Å². The van der Waals surface area contributed by atoms with Gasteiger partial charge in [0.1, 0.15) is 0 Å². The second-order valence-corrected chi connectivity index (χ2v) is 6.07. The minimum absolute atomic E-state index is 0.907. The normalized spacial score (nSPS) is 34.9. The van der Waals surface area contributed by atoms with Crippen molar-refractivity contribution in [2.24, 2.45) is 11.8 Å². The monoisotopic (exact) mass is 222 g/mol. The van der Waals surface area contributed by atoms with Crippen molar-refractivity contribution >= 4 is 0 Å². The molecule has 92 valence electrons. The zero-order valence-electron chi connectivity index (χ0n) is 10.5. The standard InChI is InChI=1S/C14H26N2/c1-3-12(4-1)13-5-2-10-16(11-13)14-6-8-15-9-7-14/h12-15H,1-11H2. The molecule has 0 aromatic rings. The van der Waals surface area contributed by atoms with Gasteiger partial charge in [0.05, 0.1) is 0 Å². The van der Waals surface area contributed by atoms with Crippen LogP contribution in [0.15, 0.2) is 0 Å². The largest absolute Gasteiger partial charge is 0.317 e. The molecule has 3 aliphatic rings. The Kier molecular flexibility index (Phi) is 3.49. The first-order valence-electron chi connectivity index (χ1n) is 7.38. The van der Waals surface area contributed by atoms with Crippen molar-refractivity contribution in [2.75, 3.05) is 26.2 Å². The molecule has 2 heterocycles. The van der Waals surface area contributed by atoms with Gasteiger partial charge in [-0.2, -0.15) is 0 Å². The minimum Gasteiger partial charge on any atom is -0.317 e. The van der Waals surface area contributed by atoms with Crippen LogP contribution in [0.1, 0.15) is 44.9 Å². The molecule has 2 saturated heterocycles. The molecule has 0 aromatic carbocycles. The fourth-order valence-electron chi connectivity index (χ4n) is 3.84. The van der Waals surface area contributed by atoms with Crippen LogP contribution in [0.25, 0.3) is 0 Å². The van der Waals surface area contributed by atoms with Gasteiger partial charge in [-0.15, -0.1) is 0 Å². The quantitative estimate of drug-likeness (QED) is 0.771. The Hall–Kier alpha value is -0.0800. The van der Waals surface area contributed by atoms with E-state index in [0.717, 1.165) is 17.9 Å². The highest BCUT2D eigenvalue weighted by atomic mass is 15.2. The summed E-state index contributed by atoms with van der Waals surface area (Å²) >= 11 is 0. The fraction of sp³-hybridized carbons (Fsp3) is 1.00. The lowest BCUT2D eigenvalue weighted by molar-refractivity contribution is 0.0569. The highest BCUT2D eigenvalue weighted by molar-refractivity contribution is 4.87. The minimum atomic E-state index is 0.907. The lowest BCUT2D eigenvalue weighted by Crippen LogP contribution is -2.49. The van der Waals surface area contributed by atoms with Crippen molar-refractivity contribution < 1.29 is 0 Å². The summed E-state index contributed by atoms with van der Waals surface area (Å²) in [7, 11) is 0. The van der Waals surface area contributed by atoms with Crippen LogP contribution in [-0.2, 0) is 0 Å². The molecule has 1 atom stereocenters. The number of piperidine rings is 2. The highest BCUT2D eigenvalue weighted by Crippen LogP contribution is 2.38. The summed E-state index contributed by atoms with van der Waals surface area (Å²) in [5.74, 6) is 2.15. The summed E-state index contributed by atoms with van der Waals surface area (Å²) in [5, 5.41) is 3.48. The van der Waals surface area contributed by atoms with Crippen molar-refractivity contribution in [2.45, 2.75) is 51.0 Å². The van der Waals surface area contributed by atoms with E-state index >= 15 is 0 Å².